The summed E-state index contributed by atoms with van der Waals surface area (Å²) in [4.78, 5) is 23.7. The summed E-state index contributed by atoms with van der Waals surface area (Å²) in [5.41, 5.74) is 0.235. The van der Waals surface area contributed by atoms with Crippen molar-refractivity contribution in [3.8, 4) is 0 Å². The highest BCUT2D eigenvalue weighted by Gasteiger charge is 2.65. The van der Waals surface area contributed by atoms with Gasteiger partial charge in [-0.05, 0) is 75.0 Å². The van der Waals surface area contributed by atoms with Crippen LogP contribution < -0.4 is 0 Å². The molecule has 0 amide bonds. The van der Waals surface area contributed by atoms with Crippen LogP contribution in [0.25, 0.3) is 0 Å². The fraction of sp³-hybridized carbons (Fsp3) is 0.826. The van der Waals surface area contributed by atoms with E-state index in [0.29, 0.717) is 24.2 Å². The average molecular weight is 375 g/mol. The Morgan fingerprint density at radius 1 is 1.07 bits per heavy atom. The summed E-state index contributed by atoms with van der Waals surface area (Å²) in [5, 5.41) is 11.2. The molecular weight excluding hydrogens is 340 g/mol. The van der Waals surface area contributed by atoms with Crippen LogP contribution in [0.15, 0.2) is 11.6 Å². The molecule has 0 aromatic carbocycles. The van der Waals surface area contributed by atoms with Gasteiger partial charge in [-0.15, -0.1) is 0 Å². The highest BCUT2D eigenvalue weighted by atomic mass is 16.5. The smallest absolute Gasteiger partial charge is 0.302 e. The predicted octanol–water partition coefficient (Wildman–Crippen LogP) is 4.20. The van der Waals surface area contributed by atoms with E-state index < -0.39 is 5.60 Å². The maximum absolute atomic E-state index is 12.3. The Labute approximate surface area is 162 Å². The van der Waals surface area contributed by atoms with E-state index in [2.05, 4.69) is 19.9 Å². The molecule has 4 heteroatoms. The number of aliphatic hydroxyl groups is 1. The first kappa shape index (κ1) is 19.2. The molecule has 7 atom stereocenters. The number of rotatable bonds is 2. The number of hydrogen-bond donors (Lipinski definition) is 1. The minimum Gasteiger partial charge on any atom is -0.462 e. The number of allylic oxidation sites excluding steroid dienone is 1. The topological polar surface area (TPSA) is 63.6 Å². The number of Topliss-reactive ketones (excluding diaryl/α,β-unsaturated/α-hetero) is 1. The summed E-state index contributed by atoms with van der Waals surface area (Å²) >= 11 is 0. The van der Waals surface area contributed by atoms with Gasteiger partial charge in [0, 0.05) is 18.8 Å². The molecule has 0 radical (unpaired) electrons. The summed E-state index contributed by atoms with van der Waals surface area (Å²) < 4.78 is 5.51. The Morgan fingerprint density at radius 3 is 2.44 bits per heavy atom. The number of esters is 1. The van der Waals surface area contributed by atoms with Gasteiger partial charge in [-0.1, -0.05) is 25.5 Å². The van der Waals surface area contributed by atoms with Crippen LogP contribution >= 0.6 is 0 Å². The maximum Gasteiger partial charge on any atom is 0.302 e. The largest absolute Gasteiger partial charge is 0.462 e. The van der Waals surface area contributed by atoms with Gasteiger partial charge in [0.2, 0.25) is 0 Å². The van der Waals surface area contributed by atoms with Crippen LogP contribution in [0.1, 0.15) is 79.1 Å². The third kappa shape index (κ3) is 2.58. The van der Waals surface area contributed by atoms with Crippen LogP contribution in [0.2, 0.25) is 0 Å². The van der Waals surface area contributed by atoms with E-state index in [-0.39, 0.29) is 28.7 Å². The molecule has 4 aliphatic carbocycles. The lowest BCUT2D eigenvalue weighted by atomic mass is 9.47. The quantitative estimate of drug-likeness (QED) is 0.581. The van der Waals surface area contributed by atoms with Gasteiger partial charge in [0.05, 0.1) is 0 Å². The fourth-order valence-electron chi connectivity index (χ4n) is 7.56. The van der Waals surface area contributed by atoms with Crippen molar-refractivity contribution in [1.29, 1.82) is 0 Å². The van der Waals surface area contributed by atoms with Crippen molar-refractivity contribution in [3.05, 3.63) is 11.6 Å². The van der Waals surface area contributed by atoms with Gasteiger partial charge in [-0.3, -0.25) is 9.59 Å². The number of carbonyl (C=O) groups excluding carboxylic acids is 2. The first-order valence-electron chi connectivity index (χ1n) is 10.7. The highest BCUT2D eigenvalue weighted by molar-refractivity contribution is 5.86. The molecule has 1 N–H and O–H groups in total. The molecule has 4 rings (SSSR count). The molecule has 0 aromatic rings. The van der Waals surface area contributed by atoms with E-state index in [0.717, 1.165) is 44.9 Å². The van der Waals surface area contributed by atoms with Crippen LogP contribution in [0.3, 0.4) is 0 Å². The van der Waals surface area contributed by atoms with E-state index in [1.54, 1.807) is 6.92 Å². The monoisotopic (exact) mass is 374 g/mol. The van der Waals surface area contributed by atoms with Gasteiger partial charge in [0.25, 0.3) is 0 Å². The van der Waals surface area contributed by atoms with Gasteiger partial charge < -0.3 is 9.84 Å². The zero-order chi connectivity index (χ0) is 19.6. The summed E-state index contributed by atoms with van der Waals surface area (Å²) in [7, 11) is 0. The Bertz CT molecular complexity index is 696. The van der Waals surface area contributed by atoms with E-state index in [1.165, 1.54) is 12.5 Å². The molecule has 0 heterocycles. The first-order valence-corrected chi connectivity index (χ1v) is 10.7. The van der Waals surface area contributed by atoms with E-state index in [1.807, 2.05) is 0 Å². The summed E-state index contributed by atoms with van der Waals surface area (Å²) in [6.45, 7) is 7.64. The number of ketones is 1. The Morgan fingerprint density at radius 2 is 1.78 bits per heavy atom. The number of fused-ring (bicyclic) bond motifs is 5. The minimum absolute atomic E-state index is 0.0292. The van der Waals surface area contributed by atoms with Gasteiger partial charge in [0.15, 0.2) is 5.78 Å². The molecule has 150 valence electrons. The summed E-state index contributed by atoms with van der Waals surface area (Å²) in [6.07, 6.45) is 9.96. The number of hydrogen-bond acceptors (Lipinski definition) is 4. The molecule has 0 aliphatic heterocycles. The molecule has 0 aromatic heterocycles. The molecule has 4 nitrogen and oxygen atoms in total. The second kappa shape index (κ2) is 6.17. The fourth-order valence-corrected chi connectivity index (χ4v) is 7.56. The van der Waals surface area contributed by atoms with Crippen molar-refractivity contribution in [2.75, 3.05) is 0 Å². The van der Waals surface area contributed by atoms with E-state index in [9.17, 15) is 14.7 Å². The van der Waals surface area contributed by atoms with E-state index in [4.69, 9.17) is 4.74 Å². The Kier molecular flexibility index (Phi) is 4.38. The lowest BCUT2D eigenvalue weighted by Gasteiger charge is -2.58. The van der Waals surface area contributed by atoms with Gasteiger partial charge in [0.1, 0.15) is 11.7 Å². The summed E-state index contributed by atoms with van der Waals surface area (Å²) in [5.74, 6) is 1.36. The van der Waals surface area contributed by atoms with Crippen molar-refractivity contribution in [2.24, 2.45) is 28.6 Å². The average Bonchev–Trinajstić information content (AvgIpc) is 2.87. The summed E-state index contributed by atoms with van der Waals surface area (Å²) in [6, 6.07) is 0. The normalized spacial score (nSPS) is 48.7. The van der Waals surface area contributed by atoms with Crippen molar-refractivity contribution in [2.45, 2.75) is 90.8 Å². The maximum atomic E-state index is 12.3. The number of carbonyl (C=O) groups is 2. The third-order valence-corrected chi connectivity index (χ3v) is 9.13. The van der Waals surface area contributed by atoms with Crippen LogP contribution in [0.5, 0.6) is 0 Å². The van der Waals surface area contributed by atoms with Crippen molar-refractivity contribution in [3.63, 3.8) is 0 Å². The Hall–Kier alpha value is -1.16. The third-order valence-electron chi connectivity index (χ3n) is 9.13. The van der Waals surface area contributed by atoms with Crippen LogP contribution in [0, 0.1) is 28.6 Å². The van der Waals surface area contributed by atoms with Crippen LogP contribution in [-0.4, -0.2) is 28.6 Å². The van der Waals surface area contributed by atoms with Gasteiger partial charge in [-0.2, -0.15) is 0 Å². The standard InChI is InChI=1S/C23H34O4/c1-14(24)23(26)12-9-20-18-6-5-16-13-17(27-15(2)25)7-10-21(16,3)19(18)8-11-22(20,23)4/h5,17-20,26H,6-13H2,1-4H3/t17-,18-,19-,20+,21+,22+,23-/m1/s1. The second-order valence-electron chi connectivity index (χ2n) is 10.1. The Balaban J connectivity index is 1.61. The zero-order valence-corrected chi connectivity index (χ0v) is 17.2. The minimum atomic E-state index is -1.14. The second-order valence-corrected chi connectivity index (χ2v) is 10.1. The molecule has 3 saturated carbocycles. The molecule has 27 heavy (non-hydrogen) atoms. The van der Waals surface area contributed by atoms with Crippen molar-refractivity contribution in [1.82, 2.24) is 0 Å². The van der Waals surface area contributed by atoms with Crippen molar-refractivity contribution >= 4 is 11.8 Å². The zero-order valence-electron chi connectivity index (χ0n) is 17.2. The molecule has 3 fully saturated rings. The molecule has 0 bridgehead atoms. The van der Waals surface area contributed by atoms with E-state index >= 15 is 0 Å². The molecule has 4 aliphatic rings. The highest BCUT2D eigenvalue weighted by Crippen LogP contribution is 2.67. The first-order chi connectivity index (χ1) is 12.6. The van der Waals surface area contributed by atoms with Crippen LogP contribution in [-0.2, 0) is 14.3 Å². The molecular formula is C23H34O4. The van der Waals surface area contributed by atoms with Crippen LogP contribution in [0.4, 0.5) is 0 Å². The van der Waals surface area contributed by atoms with Gasteiger partial charge >= 0.3 is 5.97 Å². The lowest BCUT2D eigenvalue weighted by Crippen LogP contribution is -2.57. The van der Waals surface area contributed by atoms with Crippen molar-refractivity contribution < 1.29 is 19.4 Å². The molecule has 0 saturated heterocycles. The SMILES string of the molecule is CC(=O)O[C@@H]1CC[C@@]2(C)C(=CC[C@@H]3[C@H]2CC[C@@]2(C)[C@H]3CC[C@@]2(O)C(C)=O)C1. The molecule has 0 spiro atoms. The molecule has 0 unspecified atom stereocenters. The lowest BCUT2D eigenvalue weighted by molar-refractivity contribution is -0.160. The van der Waals surface area contributed by atoms with Gasteiger partial charge in [-0.25, -0.2) is 0 Å². The number of ether oxygens (including phenoxy) is 1. The predicted molar refractivity (Wildman–Crippen MR) is 103 cm³/mol.